The lowest BCUT2D eigenvalue weighted by Gasteiger charge is -2.16. The van der Waals surface area contributed by atoms with E-state index in [4.69, 9.17) is 10.00 Å². The van der Waals surface area contributed by atoms with Crippen LogP contribution in [0.5, 0.6) is 0 Å². The maximum Gasteiger partial charge on any atom is 0.338 e. The highest BCUT2D eigenvalue weighted by molar-refractivity contribution is 6.34. The van der Waals surface area contributed by atoms with Crippen LogP contribution in [0.4, 0.5) is 11.4 Å². The zero-order chi connectivity index (χ0) is 23.5. The smallest absolute Gasteiger partial charge is 0.338 e. The molecule has 162 valence electrons. The fourth-order valence-electron chi connectivity index (χ4n) is 3.38. The van der Waals surface area contributed by atoms with Crippen LogP contribution < -0.4 is 10.2 Å². The van der Waals surface area contributed by atoms with Gasteiger partial charge in [-0.05, 0) is 55.5 Å². The molecule has 0 saturated heterocycles. The Morgan fingerprint density at radius 3 is 2.09 bits per heavy atom. The summed E-state index contributed by atoms with van der Waals surface area (Å²) in [4.78, 5) is 51.1. The third-order valence-electron chi connectivity index (χ3n) is 5.11. The summed E-state index contributed by atoms with van der Waals surface area (Å²) in [7, 11) is 0. The predicted molar refractivity (Wildman–Crippen MR) is 119 cm³/mol. The van der Waals surface area contributed by atoms with Gasteiger partial charge in [0.15, 0.2) is 6.10 Å². The molecule has 0 unspecified atom stereocenters. The van der Waals surface area contributed by atoms with Crippen LogP contribution in [0.25, 0.3) is 0 Å². The van der Waals surface area contributed by atoms with Gasteiger partial charge in [0.05, 0.1) is 33.6 Å². The summed E-state index contributed by atoms with van der Waals surface area (Å²) < 4.78 is 5.22. The van der Waals surface area contributed by atoms with Gasteiger partial charge < -0.3 is 10.1 Å². The number of imide groups is 1. The molecule has 1 aliphatic rings. The maximum absolute atomic E-state index is 12.6. The molecule has 3 aromatic carbocycles. The third kappa shape index (κ3) is 4.07. The molecule has 1 N–H and O–H groups in total. The highest BCUT2D eigenvalue weighted by Crippen LogP contribution is 2.28. The molecule has 1 atom stereocenters. The monoisotopic (exact) mass is 439 g/mol. The van der Waals surface area contributed by atoms with E-state index >= 15 is 0 Å². The summed E-state index contributed by atoms with van der Waals surface area (Å²) in [6.07, 6.45) is -1.12. The topological polar surface area (TPSA) is 117 Å². The molecule has 3 aromatic rings. The van der Waals surface area contributed by atoms with Gasteiger partial charge in [-0.3, -0.25) is 14.4 Å². The first-order valence-corrected chi connectivity index (χ1v) is 9.99. The number of carbonyl (C=O) groups excluding carboxylic acids is 4. The number of amides is 3. The van der Waals surface area contributed by atoms with Crippen molar-refractivity contribution in [1.82, 2.24) is 0 Å². The highest BCUT2D eigenvalue weighted by atomic mass is 16.5. The normalized spacial score (nSPS) is 13.2. The Labute approximate surface area is 189 Å². The zero-order valence-corrected chi connectivity index (χ0v) is 17.4. The number of anilines is 2. The second kappa shape index (κ2) is 8.77. The predicted octanol–water partition coefficient (Wildman–Crippen LogP) is 3.54. The maximum atomic E-state index is 12.6. The molecule has 1 heterocycles. The van der Waals surface area contributed by atoms with Gasteiger partial charge in [0.1, 0.15) is 6.07 Å². The molecule has 0 radical (unpaired) electrons. The molecule has 0 saturated carbocycles. The Balaban J connectivity index is 1.43. The minimum absolute atomic E-state index is 0.146. The number of rotatable bonds is 5. The number of para-hydroxylation sites is 1. The van der Waals surface area contributed by atoms with Crippen LogP contribution >= 0.6 is 0 Å². The Bertz CT molecular complexity index is 1290. The van der Waals surface area contributed by atoms with Crippen LogP contribution in [0.15, 0.2) is 72.8 Å². The van der Waals surface area contributed by atoms with Crippen molar-refractivity contribution in [2.45, 2.75) is 13.0 Å². The van der Waals surface area contributed by atoms with E-state index in [1.54, 1.807) is 48.5 Å². The van der Waals surface area contributed by atoms with Gasteiger partial charge >= 0.3 is 5.97 Å². The Morgan fingerprint density at radius 1 is 0.909 bits per heavy atom. The SMILES string of the molecule is C[C@H](OC(=O)c1ccc(N2C(=O)c3ccccc3C2=O)cc1)C(=O)Nc1ccccc1C#N. The molecule has 33 heavy (non-hydrogen) atoms. The number of hydrogen-bond acceptors (Lipinski definition) is 6. The van der Waals surface area contributed by atoms with Crippen LogP contribution in [-0.4, -0.2) is 29.8 Å². The molecule has 0 aliphatic carbocycles. The largest absolute Gasteiger partial charge is 0.449 e. The summed E-state index contributed by atoms with van der Waals surface area (Å²) in [6.45, 7) is 1.41. The third-order valence-corrected chi connectivity index (χ3v) is 5.11. The summed E-state index contributed by atoms with van der Waals surface area (Å²) >= 11 is 0. The number of benzene rings is 3. The van der Waals surface area contributed by atoms with E-state index in [1.807, 2.05) is 6.07 Å². The van der Waals surface area contributed by atoms with Gasteiger partial charge in [0, 0.05) is 0 Å². The first-order chi connectivity index (χ1) is 15.9. The van der Waals surface area contributed by atoms with Crippen LogP contribution in [0, 0.1) is 11.3 Å². The Kier molecular flexibility index (Phi) is 5.70. The first kappa shape index (κ1) is 21.5. The van der Waals surface area contributed by atoms with E-state index in [1.165, 1.54) is 31.2 Å². The number of fused-ring (bicyclic) bond motifs is 1. The van der Waals surface area contributed by atoms with E-state index in [9.17, 15) is 19.2 Å². The summed E-state index contributed by atoms with van der Waals surface area (Å²) in [5, 5.41) is 11.7. The molecule has 0 spiro atoms. The van der Waals surface area contributed by atoms with Crippen molar-refractivity contribution in [2.24, 2.45) is 0 Å². The molecule has 0 aromatic heterocycles. The highest BCUT2D eigenvalue weighted by Gasteiger charge is 2.36. The minimum atomic E-state index is -1.12. The number of ether oxygens (including phenoxy) is 1. The average Bonchev–Trinajstić information content (AvgIpc) is 3.09. The van der Waals surface area contributed by atoms with Crippen molar-refractivity contribution in [3.63, 3.8) is 0 Å². The van der Waals surface area contributed by atoms with Crippen molar-refractivity contribution in [3.8, 4) is 6.07 Å². The van der Waals surface area contributed by atoms with Crippen molar-refractivity contribution in [1.29, 1.82) is 5.26 Å². The fraction of sp³-hybridized carbons (Fsp3) is 0.0800. The number of esters is 1. The summed E-state index contributed by atoms with van der Waals surface area (Å²) in [5.74, 6) is -2.21. The molecular weight excluding hydrogens is 422 g/mol. The summed E-state index contributed by atoms with van der Waals surface area (Å²) in [5.41, 5.74) is 1.71. The summed E-state index contributed by atoms with van der Waals surface area (Å²) in [6, 6.07) is 20.7. The number of nitriles is 1. The molecule has 0 bridgehead atoms. The van der Waals surface area contributed by atoms with Gasteiger partial charge in [-0.25, -0.2) is 9.69 Å². The van der Waals surface area contributed by atoms with E-state index in [0.29, 0.717) is 22.5 Å². The molecule has 4 rings (SSSR count). The van der Waals surface area contributed by atoms with Gasteiger partial charge in [-0.1, -0.05) is 24.3 Å². The fourth-order valence-corrected chi connectivity index (χ4v) is 3.38. The van der Waals surface area contributed by atoms with Crippen LogP contribution in [0.3, 0.4) is 0 Å². The van der Waals surface area contributed by atoms with Crippen molar-refractivity contribution in [3.05, 3.63) is 95.1 Å². The van der Waals surface area contributed by atoms with Crippen LogP contribution in [-0.2, 0) is 9.53 Å². The van der Waals surface area contributed by atoms with Gasteiger partial charge in [0.2, 0.25) is 0 Å². The molecule has 0 fully saturated rings. The van der Waals surface area contributed by atoms with Crippen molar-refractivity contribution < 1.29 is 23.9 Å². The van der Waals surface area contributed by atoms with Crippen molar-refractivity contribution >= 4 is 35.1 Å². The second-order valence-electron chi connectivity index (χ2n) is 7.23. The lowest BCUT2D eigenvalue weighted by atomic mass is 10.1. The van der Waals surface area contributed by atoms with Crippen LogP contribution in [0.2, 0.25) is 0 Å². The standard InChI is InChI=1S/C25H17N3O5/c1-15(22(29)27-21-9-5-2-6-17(21)14-26)33-25(32)16-10-12-18(13-11-16)28-23(30)19-7-3-4-8-20(19)24(28)31/h2-13,15H,1H3,(H,27,29)/t15-/m0/s1. The molecule has 8 heteroatoms. The lowest BCUT2D eigenvalue weighted by molar-refractivity contribution is -0.123. The van der Waals surface area contributed by atoms with E-state index in [-0.39, 0.29) is 11.1 Å². The average molecular weight is 439 g/mol. The van der Waals surface area contributed by atoms with Gasteiger partial charge in [-0.2, -0.15) is 5.26 Å². The van der Waals surface area contributed by atoms with Crippen LogP contribution in [0.1, 0.15) is 43.6 Å². The zero-order valence-electron chi connectivity index (χ0n) is 17.4. The Morgan fingerprint density at radius 2 is 1.48 bits per heavy atom. The van der Waals surface area contributed by atoms with Gasteiger partial charge in [0.25, 0.3) is 17.7 Å². The molecule has 3 amide bonds. The Hall–Kier alpha value is -4.77. The molecular formula is C25H17N3O5. The number of hydrogen-bond donors (Lipinski definition) is 1. The molecule has 8 nitrogen and oxygen atoms in total. The quantitative estimate of drug-likeness (QED) is 0.480. The van der Waals surface area contributed by atoms with Crippen molar-refractivity contribution in [2.75, 3.05) is 10.2 Å². The van der Waals surface area contributed by atoms with E-state index < -0.39 is 29.8 Å². The first-order valence-electron chi connectivity index (χ1n) is 9.99. The second-order valence-corrected chi connectivity index (χ2v) is 7.23. The van der Waals surface area contributed by atoms with E-state index in [0.717, 1.165) is 4.90 Å². The number of nitrogens with one attached hydrogen (secondary N) is 1. The molecule has 1 aliphatic heterocycles. The van der Waals surface area contributed by atoms with Gasteiger partial charge in [-0.15, -0.1) is 0 Å². The van der Waals surface area contributed by atoms with E-state index in [2.05, 4.69) is 5.32 Å². The number of carbonyl (C=O) groups is 4. The minimum Gasteiger partial charge on any atom is -0.449 e. The number of nitrogens with zero attached hydrogens (tertiary/aromatic N) is 2. The lowest BCUT2D eigenvalue weighted by Crippen LogP contribution is -2.30.